The van der Waals surface area contributed by atoms with Crippen molar-refractivity contribution in [2.45, 2.75) is 26.7 Å². The minimum atomic E-state index is 1.23. The molecule has 1 aromatic rings. The second kappa shape index (κ2) is 10.5. The molecule has 0 amide bonds. The van der Waals surface area contributed by atoms with Crippen LogP contribution in [0.3, 0.4) is 0 Å². The highest BCUT2D eigenvalue weighted by atomic mass is 15.1. The van der Waals surface area contributed by atoms with Crippen LogP contribution in [0.2, 0.25) is 0 Å². The third-order valence-electron chi connectivity index (χ3n) is 2.28. The van der Waals surface area contributed by atoms with Gasteiger partial charge in [-0.15, -0.1) is 0 Å². The smallest absolute Gasteiger partial charge is 0.0106 e. The van der Waals surface area contributed by atoms with Crippen LogP contribution in [-0.4, -0.2) is 29.6 Å². The van der Waals surface area contributed by atoms with Crippen LogP contribution in [0.15, 0.2) is 36.7 Å². The van der Waals surface area contributed by atoms with Gasteiger partial charge in [0, 0.05) is 32.5 Å². The molecule has 0 bridgehead atoms. The predicted molar refractivity (Wildman–Crippen MR) is 72.6 cm³/mol. The molecular formula is C14H26N2. The molecule has 0 atom stereocenters. The van der Waals surface area contributed by atoms with Crippen molar-refractivity contribution in [2.24, 2.45) is 7.05 Å². The fourth-order valence-corrected chi connectivity index (χ4v) is 1.36. The molecule has 0 aliphatic carbocycles. The van der Waals surface area contributed by atoms with Crippen LogP contribution in [0.5, 0.6) is 0 Å². The summed E-state index contributed by atoms with van der Waals surface area (Å²) in [5.41, 5.74) is 0. The van der Waals surface area contributed by atoms with Gasteiger partial charge < -0.3 is 9.47 Å². The van der Waals surface area contributed by atoms with E-state index in [1.165, 1.54) is 25.9 Å². The lowest BCUT2D eigenvalue weighted by atomic mass is 10.4. The molecule has 0 aromatic carbocycles. The van der Waals surface area contributed by atoms with Crippen molar-refractivity contribution in [3.8, 4) is 0 Å². The Bertz CT molecular complexity index is 240. The second-order valence-electron chi connectivity index (χ2n) is 3.70. The molecule has 0 unspecified atom stereocenters. The minimum Gasteiger partial charge on any atom is -0.357 e. The van der Waals surface area contributed by atoms with Crippen molar-refractivity contribution >= 4 is 0 Å². The highest BCUT2D eigenvalue weighted by Crippen LogP contribution is 1.98. The Hall–Kier alpha value is -1.02. The van der Waals surface area contributed by atoms with Crippen molar-refractivity contribution in [1.29, 1.82) is 0 Å². The Labute approximate surface area is 101 Å². The first-order chi connectivity index (χ1) is 7.79. The molecule has 16 heavy (non-hydrogen) atoms. The van der Waals surface area contributed by atoms with Gasteiger partial charge in [-0.1, -0.05) is 26.0 Å². The van der Waals surface area contributed by atoms with Gasteiger partial charge in [-0.2, -0.15) is 0 Å². The maximum Gasteiger partial charge on any atom is 0.0106 e. The number of hydrogen-bond donors (Lipinski definition) is 0. The number of hydrogen-bond acceptors (Lipinski definition) is 1. The van der Waals surface area contributed by atoms with Crippen molar-refractivity contribution in [3.63, 3.8) is 0 Å². The van der Waals surface area contributed by atoms with Crippen LogP contribution in [-0.2, 0) is 7.05 Å². The average Bonchev–Trinajstić information content (AvgIpc) is 2.65. The van der Waals surface area contributed by atoms with Crippen molar-refractivity contribution in [1.82, 2.24) is 9.47 Å². The van der Waals surface area contributed by atoms with Gasteiger partial charge in [0.2, 0.25) is 0 Å². The molecule has 1 aromatic heterocycles. The van der Waals surface area contributed by atoms with E-state index in [0.717, 1.165) is 0 Å². The first-order valence-corrected chi connectivity index (χ1v) is 6.19. The highest BCUT2D eigenvalue weighted by Gasteiger charge is 1.96. The Morgan fingerprint density at radius 1 is 0.812 bits per heavy atom. The van der Waals surface area contributed by atoms with Gasteiger partial charge in [0.25, 0.3) is 0 Å². The molecule has 1 aliphatic rings. The molecule has 1 aliphatic heterocycles. The third-order valence-corrected chi connectivity index (χ3v) is 2.28. The maximum absolute atomic E-state index is 2.36. The van der Waals surface area contributed by atoms with Gasteiger partial charge in [-0.25, -0.2) is 0 Å². The summed E-state index contributed by atoms with van der Waals surface area (Å²) < 4.78 is 2.00. The van der Waals surface area contributed by atoms with E-state index >= 15 is 0 Å². The van der Waals surface area contributed by atoms with E-state index in [1.807, 2.05) is 50.0 Å². The minimum absolute atomic E-state index is 1.23. The van der Waals surface area contributed by atoms with Crippen LogP contribution >= 0.6 is 0 Å². The van der Waals surface area contributed by atoms with Crippen LogP contribution < -0.4 is 0 Å². The Morgan fingerprint density at radius 2 is 1.25 bits per heavy atom. The fourth-order valence-electron chi connectivity index (χ4n) is 1.36. The zero-order valence-electron chi connectivity index (χ0n) is 11.2. The molecule has 0 saturated heterocycles. The first-order valence-electron chi connectivity index (χ1n) is 6.19. The topological polar surface area (TPSA) is 8.17 Å². The van der Waals surface area contributed by atoms with Gasteiger partial charge in [-0.3, -0.25) is 0 Å². The Balaban J connectivity index is 0.000000251. The largest absolute Gasteiger partial charge is 0.357 e. The van der Waals surface area contributed by atoms with E-state index in [1.54, 1.807) is 0 Å². The highest BCUT2D eigenvalue weighted by molar-refractivity contribution is 4.88. The van der Waals surface area contributed by atoms with Crippen LogP contribution in [0.4, 0.5) is 0 Å². The van der Waals surface area contributed by atoms with Crippen molar-refractivity contribution < 1.29 is 0 Å². The molecule has 2 heteroatoms. The van der Waals surface area contributed by atoms with Crippen LogP contribution in [0.25, 0.3) is 0 Å². The van der Waals surface area contributed by atoms with E-state index in [9.17, 15) is 0 Å². The van der Waals surface area contributed by atoms with Gasteiger partial charge in [0.15, 0.2) is 0 Å². The van der Waals surface area contributed by atoms with Gasteiger partial charge in [-0.05, 0) is 32.0 Å². The molecule has 0 N–H and O–H groups in total. The van der Waals surface area contributed by atoms with E-state index in [-0.39, 0.29) is 0 Å². The summed E-state index contributed by atoms with van der Waals surface area (Å²) in [6.45, 7) is 6.47. The summed E-state index contributed by atoms with van der Waals surface area (Å²) in [7, 11) is 4.17. The molecule has 0 radical (unpaired) electrons. The number of rotatable bonds is 0. The molecule has 0 saturated carbocycles. The maximum atomic E-state index is 2.36. The average molecular weight is 222 g/mol. The second-order valence-corrected chi connectivity index (χ2v) is 3.70. The molecule has 92 valence electrons. The van der Waals surface area contributed by atoms with E-state index < -0.39 is 0 Å². The van der Waals surface area contributed by atoms with Gasteiger partial charge >= 0.3 is 0 Å². The monoisotopic (exact) mass is 222 g/mol. The third kappa shape index (κ3) is 8.30. The molecule has 2 heterocycles. The van der Waals surface area contributed by atoms with Crippen molar-refractivity contribution in [3.05, 3.63) is 36.7 Å². The normalized spacial score (nSPS) is 15.2. The number of aryl methyl sites for hydroxylation is 1. The quantitative estimate of drug-likeness (QED) is 0.611. The number of nitrogens with zero attached hydrogens (tertiary/aromatic N) is 2. The Morgan fingerprint density at radius 3 is 1.56 bits per heavy atom. The summed E-state index contributed by atoms with van der Waals surface area (Å²) >= 11 is 0. The fraction of sp³-hybridized carbons (Fsp3) is 0.571. The van der Waals surface area contributed by atoms with E-state index in [4.69, 9.17) is 0 Å². The van der Waals surface area contributed by atoms with Crippen LogP contribution in [0.1, 0.15) is 26.7 Å². The SMILES string of the molecule is CC.CN1CCC=CCC1.Cn1cccc1. The lowest BCUT2D eigenvalue weighted by molar-refractivity contribution is 0.354. The van der Waals surface area contributed by atoms with Gasteiger partial charge in [0.1, 0.15) is 0 Å². The lowest BCUT2D eigenvalue weighted by Gasteiger charge is -2.10. The standard InChI is InChI=1S/C7H13N.C5H7N.C2H6/c1-8-6-4-2-3-5-7-8;1-6-4-2-3-5-6;1-2/h2-3H,4-7H2,1H3;2-5H,1H3;1-2H3. The molecule has 0 spiro atoms. The molecule has 2 nitrogen and oxygen atoms in total. The zero-order chi connectivity index (χ0) is 12.2. The van der Waals surface area contributed by atoms with E-state index in [0.29, 0.717) is 0 Å². The number of aromatic nitrogens is 1. The summed E-state index contributed by atoms with van der Waals surface area (Å²) in [5.74, 6) is 0. The lowest BCUT2D eigenvalue weighted by Crippen LogP contribution is -2.18. The molecular weight excluding hydrogens is 196 g/mol. The summed E-state index contributed by atoms with van der Waals surface area (Å²) in [6.07, 6.45) is 11.0. The predicted octanol–water partition coefficient (Wildman–Crippen LogP) is 3.32. The summed E-state index contributed by atoms with van der Waals surface area (Å²) in [5, 5.41) is 0. The summed E-state index contributed by atoms with van der Waals surface area (Å²) in [6, 6.07) is 4.00. The van der Waals surface area contributed by atoms with Gasteiger partial charge in [0.05, 0.1) is 0 Å². The van der Waals surface area contributed by atoms with E-state index in [2.05, 4.69) is 24.1 Å². The zero-order valence-corrected chi connectivity index (χ0v) is 11.2. The Kier molecular flexibility index (Phi) is 9.83. The molecule has 2 rings (SSSR count). The first kappa shape index (κ1) is 15.0. The molecule has 0 fully saturated rings. The summed E-state index contributed by atoms with van der Waals surface area (Å²) in [4.78, 5) is 2.36. The van der Waals surface area contributed by atoms with Crippen LogP contribution in [0, 0.1) is 0 Å². The van der Waals surface area contributed by atoms with Crippen molar-refractivity contribution in [2.75, 3.05) is 20.1 Å².